The standard InChI is InChI=1S/C22H24N2O4S/c1-4-26-19-11-8-16(12-20(19)27-5-2)21(25)28-13-18-14-29-22(24-18)23-17-9-6-15(3)7-10-17/h6-12,14H,4-5,13H2,1-3H3,(H,23,24). The lowest BCUT2D eigenvalue weighted by atomic mass is 10.2. The van der Waals surface area contributed by atoms with Crippen LogP contribution in [0.3, 0.4) is 0 Å². The van der Waals surface area contributed by atoms with Crippen molar-refractivity contribution < 1.29 is 19.0 Å². The number of rotatable bonds is 9. The van der Waals surface area contributed by atoms with Crippen LogP contribution in [0.4, 0.5) is 10.8 Å². The summed E-state index contributed by atoms with van der Waals surface area (Å²) in [6, 6.07) is 13.1. The molecule has 0 aliphatic heterocycles. The molecular weight excluding hydrogens is 388 g/mol. The van der Waals surface area contributed by atoms with Gasteiger partial charge in [0.05, 0.1) is 24.5 Å². The first-order chi connectivity index (χ1) is 14.1. The van der Waals surface area contributed by atoms with Crippen LogP contribution in [-0.4, -0.2) is 24.2 Å². The molecule has 29 heavy (non-hydrogen) atoms. The van der Waals surface area contributed by atoms with E-state index >= 15 is 0 Å². The second-order valence-electron chi connectivity index (χ2n) is 6.24. The maximum Gasteiger partial charge on any atom is 0.338 e. The minimum Gasteiger partial charge on any atom is -0.490 e. The molecule has 0 amide bonds. The molecule has 3 rings (SSSR count). The van der Waals surface area contributed by atoms with Crippen molar-refractivity contribution in [3.63, 3.8) is 0 Å². The first-order valence-electron chi connectivity index (χ1n) is 9.44. The van der Waals surface area contributed by atoms with E-state index in [4.69, 9.17) is 14.2 Å². The van der Waals surface area contributed by atoms with Crippen molar-refractivity contribution >= 4 is 28.1 Å². The van der Waals surface area contributed by atoms with E-state index in [1.165, 1.54) is 16.9 Å². The van der Waals surface area contributed by atoms with Gasteiger partial charge in [-0.3, -0.25) is 0 Å². The van der Waals surface area contributed by atoms with Gasteiger partial charge in [0.15, 0.2) is 16.6 Å². The molecule has 3 aromatic rings. The number of aryl methyl sites for hydroxylation is 1. The topological polar surface area (TPSA) is 69.7 Å². The molecule has 6 nitrogen and oxygen atoms in total. The summed E-state index contributed by atoms with van der Waals surface area (Å²) in [5, 5.41) is 5.87. The number of esters is 1. The van der Waals surface area contributed by atoms with Crippen LogP contribution in [-0.2, 0) is 11.3 Å². The minimum atomic E-state index is -0.435. The predicted octanol–water partition coefficient (Wildman–Crippen LogP) is 5.35. The Morgan fingerprint density at radius 2 is 1.76 bits per heavy atom. The maximum atomic E-state index is 12.4. The Morgan fingerprint density at radius 3 is 2.48 bits per heavy atom. The van der Waals surface area contributed by atoms with E-state index in [9.17, 15) is 4.79 Å². The van der Waals surface area contributed by atoms with Crippen LogP contribution in [0.25, 0.3) is 0 Å². The number of benzene rings is 2. The fraction of sp³-hybridized carbons (Fsp3) is 0.273. The molecule has 0 saturated heterocycles. The lowest BCUT2D eigenvalue weighted by molar-refractivity contribution is 0.0468. The van der Waals surface area contributed by atoms with E-state index < -0.39 is 5.97 Å². The molecule has 1 heterocycles. The van der Waals surface area contributed by atoms with Crippen molar-refractivity contribution in [1.82, 2.24) is 4.98 Å². The van der Waals surface area contributed by atoms with Gasteiger partial charge < -0.3 is 19.5 Å². The Hall–Kier alpha value is -3.06. The molecule has 0 unspecified atom stereocenters. The molecule has 0 fully saturated rings. The Balaban J connectivity index is 1.60. The Bertz CT molecular complexity index is 954. The number of nitrogens with one attached hydrogen (secondary N) is 1. The van der Waals surface area contributed by atoms with Crippen molar-refractivity contribution in [3.8, 4) is 11.5 Å². The second-order valence-corrected chi connectivity index (χ2v) is 7.10. The monoisotopic (exact) mass is 412 g/mol. The number of ether oxygens (including phenoxy) is 3. The molecule has 0 aliphatic carbocycles. The summed E-state index contributed by atoms with van der Waals surface area (Å²) in [4.78, 5) is 16.9. The third-order valence-corrected chi connectivity index (χ3v) is 4.79. The highest BCUT2D eigenvalue weighted by Gasteiger charge is 2.14. The van der Waals surface area contributed by atoms with Gasteiger partial charge in [0, 0.05) is 11.1 Å². The molecule has 0 spiro atoms. The summed E-state index contributed by atoms with van der Waals surface area (Å²) in [5.41, 5.74) is 3.26. The molecule has 2 aromatic carbocycles. The van der Waals surface area contributed by atoms with E-state index in [1.807, 2.05) is 50.4 Å². The predicted molar refractivity (Wildman–Crippen MR) is 114 cm³/mol. The summed E-state index contributed by atoms with van der Waals surface area (Å²) < 4.78 is 16.5. The number of carbonyl (C=O) groups excluding carboxylic acids is 1. The highest BCUT2D eigenvalue weighted by Crippen LogP contribution is 2.29. The molecule has 0 radical (unpaired) electrons. The van der Waals surface area contributed by atoms with Crippen LogP contribution in [0.1, 0.15) is 35.5 Å². The van der Waals surface area contributed by atoms with Gasteiger partial charge in [-0.1, -0.05) is 17.7 Å². The summed E-state index contributed by atoms with van der Waals surface area (Å²) in [6.07, 6.45) is 0. The summed E-state index contributed by atoms with van der Waals surface area (Å²) in [7, 11) is 0. The van der Waals surface area contributed by atoms with Crippen LogP contribution in [0.2, 0.25) is 0 Å². The fourth-order valence-corrected chi connectivity index (χ4v) is 3.31. The molecule has 152 valence electrons. The molecular formula is C22H24N2O4S. The van der Waals surface area contributed by atoms with Crippen LogP contribution in [0.15, 0.2) is 47.8 Å². The zero-order valence-electron chi connectivity index (χ0n) is 16.7. The summed E-state index contributed by atoms with van der Waals surface area (Å²) in [6.45, 7) is 6.92. The van der Waals surface area contributed by atoms with E-state index in [2.05, 4.69) is 10.3 Å². The molecule has 1 N–H and O–H groups in total. The Morgan fingerprint density at radius 1 is 1.03 bits per heavy atom. The van der Waals surface area contributed by atoms with Gasteiger partial charge >= 0.3 is 5.97 Å². The first-order valence-corrected chi connectivity index (χ1v) is 10.3. The molecule has 7 heteroatoms. The normalized spacial score (nSPS) is 10.4. The zero-order valence-corrected chi connectivity index (χ0v) is 17.5. The molecule has 0 aliphatic rings. The van der Waals surface area contributed by atoms with Gasteiger partial charge in [0.2, 0.25) is 0 Å². The highest BCUT2D eigenvalue weighted by molar-refractivity contribution is 7.13. The molecule has 0 bridgehead atoms. The number of aromatic nitrogens is 1. The smallest absolute Gasteiger partial charge is 0.338 e. The Labute approximate surface area is 174 Å². The van der Waals surface area contributed by atoms with E-state index in [0.717, 1.165) is 10.8 Å². The van der Waals surface area contributed by atoms with Crippen molar-refractivity contribution in [1.29, 1.82) is 0 Å². The average Bonchev–Trinajstić information content (AvgIpc) is 3.17. The van der Waals surface area contributed by atoms with Crippen molar-refractivity contribution in [3.05, 3.63) is 64.7 Å². The average molecular weight is 413 g/mol. The van der Waals surface area contributed by atoms with Gasteiger partial charge in [-0.2, -0.15) is 0 Å². The van der Waals surface area contributed by atoms with Crippen molar-refractivity contribution in [2.45, 2.75) is 27.4 Å². The third kappa shape index (κ3) is 5.71. The molecule has 0 atom stereocenters. The van der Waals surface area contributed by atoms with E-state index in [1.54, 1.807) is 18.2 Å². The van der Waals surface area contributed by atoms with Gasteiger partial charge in [-0.25, -0.2) is 9.78 Å². The van der Waals surface area contributed by atoms with E-state index in [-0.39, 0.29) is 6.61 Å². The quantitative estimate of drug-likeness (QED) is 0.478. The summed E-state index contributed by atoms with van der Waals surface area (Å²) in [5.74, 6) is 0.703. The van der Waals surface area contributed by atoms with Crippen molar-refractivity contribution in [2.75, 3.05) is 18.5 Å². The van der Waals surface area contributed by atoms with Crippen LogP contribution >= 0.6 is 11.3 Å². The SMILES string of the molecule is CCOc1ccc(C(=O)OCc2csc(Nc3ccc(C)cc3)n2)cc1OCC. The number of anilines is 2. The first kappa shape index (κ1) is 20.7. The summed E-state index contributed by atoms with van der Waals surface area (Å²) >= 11 is 1.46. The highest BCUT2D eigenvalue weighted by atomic mass is 32.1. The van der Waals surface area contributed by atoms with Gasteiger partial charge in [0.1, 0.15) is 6.61 Å². The van der Waals surface area contributed by atoms with E-state index in [0.29, 0.717) is 36.0 Å². The van der Waals surface area contributed by atoms with Crippen molar-refractivity contribution in [2.24, 2.45) is 0 Å². The largest absolute Gasteiger partial charge is 0.490 e. The minimum absolute atomic E-state index is 0.0993. The lowest BCUT2D eigenvalue weighted by Gasteiger charge is -2.12. The molecule has 0 saturated carbocycles. The van der Waals surface area contributed by atoms with Gasteiger partial charge in [-0.15, -0.1) is 11.3 Å². The van der Waals surface area contributed by atoms with Gasteiger partial charge in [0.25, 0.3) is 0 Å². The third-order valence-electron chi connectivity index (χ3n) is 3.98. The Kier molecular flexibility index (Phi) is 7.08. The maximum absolute atomic E-state index is 12.4. The fourth-order valence-electron chi connectivity index (χ4n) is 2.59. The second kappa shape index (κ2) is 9.93. The van der Waals surface area contributed by atoms with Crippen LogP contribution < -0.4 is 14.8 Å². The number of hydrogen-bond donors (Lipinski definition) is 1. The number of nitrogens with zero attached hydrogens (tertiary/aromatic N) is 1. The van der Waals surface area contributed by atoms with Crippen LogP contribution in [0.5, 0.6) is 11.5 Å². The van der Waals surface area contributed by atoms with Crippen LogP contribution in [0, 0.1) is 6.92 Å². The zero-order chi connectivity index (χ0) is 20.6. The number of hydrogen-bond acceptors (Lipinski definition) is 7. The number of thiazole rings is 1. The molecule has 1 aromatic heterocycles. The van der Waals surface area contributed by atoms with Gasteiger partial charge in [-0.05, 0) is 51.1 Å². The number of carbonyl (C=O) groups is 1. The lowest BCUT2D eigenvalue weighted by Crippen LogP contribution is -2.07.